The summed E-state index contributed by atoms with van der Waals surface area (Å²) in [5.41, 5.74) is 1.21. The molecule has 5 rings (SSSR count). The summed E-state index contributed by atoms with van der Waals surface area (Å²) in [6.45, 7) is 2.43. The van der Waals surface area contributed by atoms with Crippen molar-refractivity contribution in [2.24, 2.45) is 0 Å². The van der Waals surface area contributed by atoms with Crippen LogP contribution in [0.15, 0.2) is 64.2 Å². The average molecular weight is 415 g/mol. The Labute approximate surface area is 166 Å². The molecule has 0 amide bonds. The van der Waals surface area contributed by atoms with Crippen LogP contribution >= 0.6 is 22.7 Å². The van der Waals surface area contributed by atoms with E-state index in [1.165, 1.54) is 27.1 Å². The highest BCUT2D eigenvalue weighted by atomic mass is 32.2. The van der Waals surface area contributed by atoms with Crippen molar-refractivity contribution in [3.05, 3.63) is 59.3 Å². The quantitative estimate of drug-likeness (QED) is 0.491. The molecule has 0 aliphatic carbocycles. The zero-order valence-corrected chi connectivity index (χ0v) is 17.0. The molecule has 4 aromatic rings. The number of hydrogen-bond acceptors (Lipinski definition) is 5. The van der Waals surface area contributed by atoms with Gasteiger partial charge in [-0.25, -0.2) is 8.42 Å². The summed E-state index contributed by atoms with van der Waals surface area (Å²) >= 11 is 3.23. The number of thiophene rings is 2. The lowest BCUT2D eigenvalue weighted by molar-refractivity contribution is 0.386. The molecule has 4 nitrogen and oxygen atoms in total. The summed E-state index contributed by atoms with van der Waals surface area (Å²) in [5.74, 6) is 0. The van der Waals surface area contributed by atoms with Gasteiger partial charge in [-0.1, -0.05) is 30.3 Å². The Balaban J connectivity index is 1.41. The summed E-state index contributed by atoms with van der Waals surface area (Å²) < 4.78 is 30.3. The third-order valence-corrected chi connectivity index (χ3v) is 9.10. The molecule has 3 heterocycles. The predicted octanol–water partition coefficient (Wildman–Crippen LogP) is 4.63. The first-order chi connectivity index (χ1) is 13.1. The minimum atomic E-state index is -3.46. The number of hydrogen-bond donors (Lipinski definition) is 0. The van der Waals surface area contributed by atoms with E-state index in [4.69, 9.17) is 0 Å². The lowest BCUT2D eigenvalue weighted by atomic mass is 10.2. The molecular weight excluding hydrogens is 396 g/mol. The van der Waals surface area contributed by atoms with Crippen LogP contribution in [0.4, 0.5) is 5.69 Å². The summed E-state index contributed by atoms with van der Waals surface area (Å²) in [7, 11) is -3.46. The van der Waals surface area contributed by atoms with Crippen LogP contribution in [0.2, 0.25) is 0 Å². The van der Waals surface area contributed by atoms with Crippen LogP contribution in [0.3, 0.4) is 0 Å². The van der Waals surface area contributed by atoms with Gasteiger partial charge in [0.15, 0.2) is 0 Å². The van der Waals surface area contributed by atoms with Crippen molar-refractivity contribution in [2.45, 2.75) is 4.90 Å². The monoisotopic (exact) mass is 414 g/mol. The van der Waals surface area contributed by atoms with E-state index in [2.05, 4.69) is 34.5 Å². The molecule has 2 aromatic heterocycles. The summed E-state index contributed by atoms with van der Waals surface area (Å²) in [5, 5.41) is 5.96. The fourth-order valence-electron chi connectivity index (χ4n) is 3.69. The molecule has 0 saturated carbocycles. The third-order valence-electron chi connectivity index (χ3n) is 5.10. The van der Waals surface area contributed by atoms with Crippen molar-refractivity contribution < 1.29 is 8.42 Å². The second-order valence-corrected chi connectivity index (χ2v) is 10.3. The SMILES string of the molecule is O=S(=O)(c1csc2ccccc12)N1CCN(c2cccc3ccsc23)CC1. The standard InChI is InChI=1S/C20H18N2O2S3/c23-27(24,19-14-26-18-7-2-1-5-16(18)19)22-11-9-21(10-12-22)17-6-3-4-15-8-13-25-20(15)17/h1-8,13-14H,9-12H2. The van der Waals surface area contributed by atoms with Gasteiger partial charge in [-0.2, -0.15) is 4.31 Å². The lowest BCUT2D eigenvalue weighted by Gasteiger charge is -2.35. The molecule has 0 radical (unpaired) electrons. The van der Waals surface area contributed by atoms with E-state index >= 15 is 0 Å². The molecule has 2 aromatic carbocycles. The van der Waals surface area contributed by atoms with Crippen molar-refractivity contribution in [3.63, 3.8) is 0 Å². The maximum absolute atomic E-state index is 13.2. The first-order valence-corrected chi connectivity index (χ1v) is 12.0. The van der Waals surface area contributed by atoms with E-state index in [1.807, 2.05) is 24.3 Å². The van der Waals surface area contributed by atoms with E-state index in [9.17, 15) is 8.42 Å². The Hall–Kier alpha value is -1.93. The predicted molar refractivity (Wildman–Crippen MR) is 115 cm³/mol. The van der Waals surface area contributed by atoms with Crippen LogP contribution in [-0.4, -0.2) is 38.9 Å². The highest BCUT2D eigenvalue weighted by Crippen LogP contribution is 2.34. The second kappa shape index (κ2) is 6.60. The molecule has 1 aliphatic heterocycles. The van der Waals surface area contributed by atoms with E-state index in [0.717, 1.165) is 10.1 Å². The van der Waals surface area contributed by atoms with E-state index < -0.39 is 10.0 Å². The molecular formula is C20H18N2O2S3. The van der Waals surface area contributed by atoms with Crippen LogP contribution in [0.25, 0.3) is 20.2 Å². The largest absolute Gasteiger partial charge is 0.368 e. The summed E-state index contributed by atoms with van der Waals surface area (Å²) in [6.07, 6.45) is 0. The van der Waals surface area contributed by atoms with Crippen molar-refractivity contribution in [3.8, 4) is 0 Å². The van der Waals surface area contributed by atoms with Crippen LogP contribution in [0.1, 0.15) is 0 Å². The molecule has 1 fully saturated rings. The molecule has 0 bridgehead atoms. The Morgan fingerprint density at radius 1 is 0.852 bits per heavy atom. The second-order valence-electron chi connectivity index (χ2n) is 6.60. The Morgan fingerprint density at radius 3 is 2.52 bits per heavy atom. The minimum absolute atomic E-state index is 0.442. The number of nitrogens with zero attached hydrogens (tertiary/aromatic N) is 2. The number of fused-ring (bicyclic) bond motifs is 2. The number of piperazine rings is 1. The van der Waals surface area contributed by atoms with Gasteiger partial charge >= 0.3 is 0 Å². The maximum atomic E-state index is 13.2. The molecule has 0 atom stereocenters. The van der Waals surface area contributed by atoms with Crippen molar-refractivity contribution >= 4 is 58.6 Å². The highest BCUT2D eigenvalue weighted by molar-refractivity contribution is 7.89. The first kappa shape index (κ1) is 17.2. The van der Waals surface area contributed by atoms with Crippen molar-refractivity contribution in [2.75, 3.05) is 31.1 Å². The van der Waals surface area contributed by atoms with Gasteiger partial charge in [0.1, 0.15) is 4.90 Å². The van der Waals surface area contributed by atoms with Gasteiger partial charge in [-0.15, -0.1) is 22.7 Å². The van der Waals surface area contributed by atoms with Gasteiger partial charge in [0.25, 0.3) is 0 Å². The maximum Gasteiger partial charge on any atom is 0.244 e. The summed E-state index contributed by atoms with van der Waals surface area (Å²) in [6, 6.07) is 16.2. The number of anilines is 1. The van der Waals surface area contributed by atoms with Crippen molar-refractivity contribution in [1.82, 2.24) is 4.31 Å². The molecule has 0 spiro atoms. The zero-order chi connectivity index (χ0) is 18.4. The topological polar surface area (TPSA) is 40.6 Å². The first-order valence-electron chi connectivity index (χ1n) is 8.82. The third kappa shape index (κ3) is 2.86. The fraction of sp³-hybridized carbons (Fsp3) is 0.200. The average Bonchev–Trinajstić information content (AvgIpc) is 3.35. The zero-order valence-electron chi connectivity index (χ0n) is 14.5. The smallest absolute Gasteiger partial charge is 0.244 e. The molecule has 1 saturated heterocycles. The van der Waals surface area contributed by atoms with Gasteiger partial charge in [-0.3, -0.25) is 0 Å². The Morgan fingerprint density at radius 2 is 1.67 bits per heavy atom. The van der Waals surface area contributed by atoms with E-state index in [-0.39, 0.29) is 0 Å². The van der Waals surface area contributed by atoms with Gasteiger partial charge in [0.05, 0.1) is 10.4 Å². The fourth-order valence-corrected chi connectivity index (χ4v) is 7.53. The summed E-state index contributed by atoms with van der Waals surface area (Å²) in [4.78, 5) is 2.74. The van der Waals surface area contributed by atoms with Crippen LogP contribution in [0.5, 0.6) is 0 Å². The minimum Gasteiger partial charge on any atom is -0.368 e. The molecule has 0 N–H and O–H groups in total. The van der Waals surface area contributed by atoms with Gasteiger partial charge < -0.3 is 4.90 Å². The van der Waals surface area contributed by atoms with Crippen molar-refractivity contribution in [1.29, 1.82) is 0 Å². The number of sulfonamides is 1. The molecule has 0 unspecified atom stereocenters. The molecule has 7 heteroatoms. The van der Waals surface area contributed by atoms with Gasteiger partial charge in [0.2, 0.25) is 10.0 Å². The molecule has 27 heavy (non-hydrogen) atoms. The Kier molecular flexibility index (Phi) is 4.20. The van der Waals surface area contributed by atoms with Crippen LogP contribution in [-0.2, 0) is 10.0 Å². The lowest BCUT2D eigenvalue weighted by Crippen LogP contribution is -2.48. The number of rotatable bonds is 3. The van der Waals surface area contributed by atoms with Gasteiger partial charge in [0, 0.05) is 41.6 Å². The van der Waals surface area contributed by atoms with Gasteiger partial charge in [-0.05, 0) is 29.0 Å². The van der Waals surface area contributed by atoms with E-state index in [1.54, 1.807) is 21.0 Å². The Bertz CT molecular complexity index is 1220. The number of benzene rings is 2. The van der Waals surface area contributed by atoms with Crippen LogP contribution < -0.4 is 4.90 Å². The molecule has 1 aliphatic rings. The van der Waals surface area contributed by atoms with E-state index in [0.29, 0.717) is 31.1 Å². The highest BCUT2D eigenvalue weighted by Gasteiger charge is 2.30. The normalized spacial score (nSPS) is 16.4. The van der Waals surface area contributed by atoms with Crippen LogP contribution in [0, 0.1) is 0 Å². The molecule has 138 valence electrons.